The van der Waals surface area contributed by atoms with E-state index in [4.69, 9.17) is 24.7 Å². The highest BCUT2D eigenvalue weighted by molar-refractivity contribution is 5.74. The molecule has 0 aromatic heterocycles. The molecule has 12 nitrogen and oxygen atoms in total. The van der Waals surface area contributed by atoms with Crippen molar-refractivity contribution in [1.82, 2.24) is 10.6 Å². The van der Waals surface area contributed by atoms with E-state index in [9.17, 15) is 25.2 Å². The minimum absolute atomic E-state index is 0.0677. The van der Waals surface area contributed by atoms with Gasteiger partial charge in [0.15, 0.2) is 23.0 Å². The molecule has 1 saturated heterocycles. The number of aliphatic carboxylic acids is 1. The van der Waals surface area contributed by atoms with Crippen molar-refractivity contribution in [3.63, 3.8) is 0 Å². The molecule has 7 unspecified atom stereocenters. The Hall–Kier alpha value is -4.39. The molecule has 0 spiro atoms. The number of phenols is 2. The first-order valence-corrected chi connectivity index (χ1v) is 16.4. The third-order valence-corrected chi connectivity index (χ3v) is 9.37. The second kappa shape index (κ2) is 15.7. The monoisotopic (exact) mass is 665 g/mol. The zero-order valence-electron chi connectivity index (χ0n) is 27.6. The summed E-state index contributed by atoms with van der Waals surface area (Å²) in [5, 5.41) is 48.5. The van der Waals surface area contributed by atoms with Gasteiger partial charge in [0.25, 0.3) is 0 Å². The standard InChI is InChI=1S/C36H47N3O9/c1-4-38-27(34-25(8-9-26(34)36(43)44)21-11-12-39-33(37)16-21)19-47-32-15-22(14-31(46-3)35(32)42)29-18-23(40)17-24(48-29)7-5-20-6-10-28(41)30(13-20)45-2/h6,8-11,13-16,23-27,29,34,38-42H,4-5,7,12,17-19,37H2,1-3H3,(H,43,44). The molecule has 2 aromatic rings. The first-order valence-electron chi connectivity index (χ1n) is 16.4. The van der Waals surface area contributed by atoms with E-state index in [0.29, 0.717) is 55.9 Å². The summed E-state index contributed by atoms with van der Waals surface area (Å²) in [5.74, 6) is -1.07. The molecule has 8 N–H and O–H groups in total. The normalized spacial score (nSPS) is 25.8. The molecule has 48 heavy (non-hydrogen) atoms. The van der Waals surface area contributed by atoms with Gasteiger partial charge in [0.05, 0.1) is 44.3 Å². The number of phenolic OH excluding ortho intramolecular Hbond substituents is 2. The van der Waals surface area contributed by atoms with E-state index in [-0.39, 0.29) is 47.5 Å². The lowest BCUT2D eigenvalue weighted by Crippen LogP contribution is -2.47. The van der Waals surface area contributed by atoms with Crippen molar-refractivity contribution in [3.8, 4) is 28.7 Å². The number of hydrogen-bond acceptors (Lipinski definition) is 11. The molecule has 2 aromatic carbocycles. The summed E-state index contributed by atoms with van der Waals surface area (Å²) in [5.41, 5.74) is 8.64. The highest BCUT2D eigenvalue weighted by atomic mass is 16.5. The van der Waals surface area contributed by atoms with Gasteiger partial charge in [0.1, 0.15) is 6.61 Å². The van der Waals surface area contributed by atoms with Crippen molar-refractivity contribution in [3.05, 3.63) is 77.2 Å². The molecule has 0 saturated carbocycles. The summed E-state index contributed by atoms with van der Waals surface area (Å²) in [6.45, 7) is 3.14. The average Bonchev–Trinajstić information content (AvgIpc) is 3.52. The van der Waals surface area contributed by atoms with Gasteiger partial charge in [-0.05, 0) is 72.8 Å². The second-order valence-electron chi connectivity index (χ2n) is 12.5. The molecule has 1 fully saturated rings. The number of allylic oxidation sites excluding steroid dienone is 3. The number of nitrogens with two attached hydrogens (primary N) is 1. The van der Waals surface area contributed by atoms with Crippen molar-refractivity contribution in [2.75, 3.05) is 33.9 Å². The Morgan fingerprint density at radius 3 is 2.58 bits per heavy atom. The van der Waals surface area contributed by atoms with Crippen LogP contribution in [-0.2, 0) is 16.0 Å². The van der Waals surface area contributed by atoms with Crippen LogP contribution in [0.4, 0.5) is 0 Å². The van der Waals surface area contributed by atoms with Crippen LogP contribution in [0, 0.1) is 17.8 Å². The Balaban J connectivity index is 1.34. The van der Waals surface area contributed by atoms with Gasteiger partial charge < -0.3 is 55.7 Å². The Morgan fingerprint density at radius 1 is 1.10 bits per heavy atom. The molecule has 12 heteroatoms. The van der Waals surface area contributed by atoms with Gasteiger partial charge >= 0.3 is 5.97 Å². The highest BCUT2D eigenvalue weighted by Crippen LogP contribution is 2.44. The summed E-state index contributed by atoms with van der Waals surface area (Å²) < 4.78 is 23.5. The van der Waals surface area contributed by atoms with Crippen LogP contribution < -0.4 is 30.6 Å². The number of ether oxygens (including phenoxy) is 4. The quantitative estimate of drug-likeness (QED) is 0.146. The number of carbonyl (C=O) groups is 1. The van der Waals surface area contributed by atoms with E-state index in [2.05, 4.69) is 10.6 Å². The molecule has 2 aliphatic heterocycles. The number of nitrogens with one attached hydrogen (secondary N) is 2. The fraction of sp³-hybridized carbons (Fsp3) is 0.472. The predicted molar refractivity (Wildman–Crippen MR) is 179 cm³/mol. The lowest BCUT2D eigenvalue weighted by Gasteiger charge is -2.34. The van der Waals surface area contributed by atoms with Crippen LogP contribution >= 0.6 is 0 Å². The van der Waals surface area contributed by atoms with Crippen molar-refractivity contribution in [2.24, 2.45) is 23.5 Å². The average molecular weight is 666 g/mol. The molecule has 260 valence electrons. The molecular formula is C36H47N3O9. The first kappa shape index (κ1) is 34.9. The minimum atomic E-state index is -0.924. The van der Waals surface area contributed by atoms with Crippen molar-refractivity contribution in [1.29, 1.82) is 0 Å². The number of aryl methyl sites for hydroxylation is 1. The number of dihydropyridines is 1. The van der Waals surface area contributed by atoms with Crippen LogP contribution in [0.5, 0.6) is 28.7 Å². The van der Waals surface area contributed by atoms with Crippen LogP contribution in [0.1, 0.15) is 43.4 Å². The minimum Gasteiger partial charge on any atom is -0.504 e. The summed E-state index contributed by atoms with van der Waals surface area (Å²) in [7, 11) is 2.96. The lowest BCUT2D eigenvalue weighted by molar-refractivity contribution is -0.142. The largest absolute Gasteiger partial charge is 0.504 e. The Kier molecular flexibility index (Phi) is 11.4. The van der Waals surface area contributed by atoms with Gasteiger partial charge in [-0.3, -0.25) is 4.79 Å². The number of hydrogen-bond donors (Lipinski definition) is 7. The maximum absolute atomic E-state index is 12.4. The van der Waals surface area contributed by atoms with E-state index in [1.54, 1.807) is 30.3 Å². The molecule has 3 aliphatic rings. The molecule has 7 atom stereocenters. The fourth-order valence-electron chi connectivity index (χ4n) is 7.01. The van der Waals surface area contributed by atoms with Crippen molar-refractivity contribution in [2.45, 2.75) is 57.0 Å². The maximum Gasteiger partial charge on any atom is 0.310 e. The van der Waals surface area contributed by atoms with Crippen LogP contribution in [0.15, 0.2) is 66.0 Å². The lowest BCUT2D eigenvalue weighted by atomic mass is 9.78. The number of likely N-dealkylation sites (N-methyl/N-ethyl adjacent to an activating group) is 1. The second-order valence-corrected chi connectivity index (χ2v) is 12.5. The number of methoxy groups -OCH3 is 2. The number of benzene rings is 2. The number of aliphatic hydroxyl groups excluding tert-OH is 1. The number of rotatable bonds is 14. The van der Waals surface area contributed by atoms with E-state index < -0.39 is 30.1 Å². The van der Waals surface area contributed by atoms with Gasteiger partial charge in [0, 0.05) is 30.8 Å². The first-order chi connectivity index (χ1) is 23.1. The highest BCUT2D eigenvalue weighted by Gasteiger charge is 2.43. The third-order valence-electron chi connectivity index (χ3n) is 9.37. The summed E-state index contributed by atoms with van der Waals surface area (Å²) in [4.78, 5) is 12.4. The molecule has 1 aliphatic carbocycles. The summed E-state index contributed by atoms with van der Waals surface area (Å²) in [6.07, 6.45) is 8.31. The van der Waals surface area contributed by atoms with Crippen LogP contribution in [0.25, 0.3) is 0 Å². The van der Waals surface area contributed by atoms with Crippen LogP contribution in [-0.4, -0.2) is 78.6 Å². The topological polar surface area (TPSA) is 185 Å². The Bertz CT molecular complexity index is 1540. The molecule has 0 radical (unpaired) electrons. The maximum atomic E-state index is 12.4. The molecule has 5 rings (SSSR count). The number of aromatic hydroxyl groups is 2. The van der Waals surface area contributed by atoms with Gasteiger partial charge in [-0.1, -0.05) is 31.2 Å². The van der Waals surface area contributed by atoms with E-state index in [0.717, 1.165) is 11.1 Å². The van der Waals surface area contributed by atoms with Crippen LogP contribution in [0.3, 0.4) is 0 Å². The van der Waals surface area contributed by atoms with E-state index in [1.807, 2.05) is 31.2 Å². The SMILES string of the molecule is CCNC(COc1cc(C2CC(O)CC(CCc3ccc(O)c(OC)c3)O2)cc(OC)c1O)C1C(C(=O)O)C=CC1C1=CCNC(N)=C1. The zero-order chi connectivity index (χ0) is 34.4. The van der Waals surface area contributed by atoms with Gasteiger partial charge in [-0.15, -0.1) is 0 Å². The third kappa shape index (κ3) is 8.00. The predicted octanol–water partition coefficient (Wildman–Crippen LogP) is 3.52. The molecule has 2 heterocycles. The van der Waals surface area contributed by atoms with Gasteiger partial charge in [0.2, 0.25) is 5.75 Å². The molecule has 0 bridgehead atoms. The van der Waals surface area contributed by atoms with Crippen LogP contribution in [0.2, 0.25) is 0 Å². The number of aliphatic hydroxyl groups is 1. The van der Waals surface area contributed by atoms with E-state index >= 15 is 0 Å². The van der Waals surface area contributed by atoms with Crippen molar-refractivity contribution >= 4 is 5.97 Å². The fourth-order valence-corrected chi connectivity index (χ4v) is 7.01. The smallest absolute Gasteiger partial charge is 0.310 e. The number of carboxylic acids is 1. The van der Waals surface area contributed by atoms with E-state index in [1.165, 1.54) is 14.2 Å². The van der Waals surface area contributed by atoms with Gasteiger partial charge in [-0.25, -0.2) is 0 Å². The summed E-state index contributed by atoms with van der Waals surface area (Å²) in [6, 6.07) is 8.21. The molecular weight excluding hydrogens is 618 g/mol. The summed E-state index contributed by atoms with van der Waals surface area (Å²) >= 11 is 0. The number of carboxylic acid groups (broad SMARTS) is 1. The van der Waals surface area contributed by atoms with Gasteiger partial charge in [-0.2, -0.15) is 0 Å². The Labute approximate surface area is 280 Å². The zero-order valence-corrected chi connectivity index (χ0v) is 27.6. The Morgan fingerprint density at radius 2 is 1.88 bits per heavy atom. The van der Waals surface area contributed by atoms with Crippen molar-refractivity contribution < 1.29 is 44.2 Å². The molecule has 0 amide bonds.